The summed E-state index contributed by atoms with van der Waals surface area (Å²) in [6.45, 7) is 1.48. The molecule has 0 heterocycles. The molecule has 1 amide bonds. The first-order chi connectivity index (χ1) is 7.79. The number of nitrogens with two attached hydrogens (primary N) is 1. The number of carbonyl (C=O) groups excluding carboxylic acids is 1. The molecule has 4 heteroatoms. The summed E-state index contributed by atoms with van der Waals surface area (Å²) in [6, 6.07) is 0. The monoisotopic (exact) mass is 244 g/mol. The van der Waals surface area contributed by atoms with Crippen molar-refractivity contribution >= 4 is 17.7 Å². The molecule has 0 aromatic carbocycles. The number of amides is 1. The number of unbranched alkanes of at least 4 members (excludes halogenated alkanes) is 1. The van der Waals surface area contributed by atoms with Crippen LogP contribution < -0.4 is 11.1 Å². The fraction of sp³-hybridized carbons (Fsp3) is 0.917. The van der Waals surface area contributed by atoms with Gasteiger partial charge in [-0.2, -0.15) is 11.8 Å². The smallest absolute Gasteiger partial charge is 0.223 e. The third-order valence-corrected chi connectivity index (χ3v) is 4.07. The van der Waals surface area contributed by atoms with Crippen molar-refractivity contribution in [1.82, 2.24) is 5.32 Å². The second kappa shape index (κ2) is 7.96. The van der Waals surface area contributed by atoms with Crippen LogP contribution in [-0.4, -0.2) is 31.0 Å². The summed E-state index contributed by atoms with van der Waals surface area (Å²) in [5.74, 6) is 2.03. The zero-order valence-corrected chi connectivity index (χ0v) is 11.0. The third-order valence-electron chi connectivity index (χ3n) is 3.37. The van der Waals surface area contributed by atoms with E-state index in [0.29, 0.717) is 12.5 Å². The van der Waals surface area contributed by atoms with Crippen molar-refractivity contribution in [2.45, 2.75) is 32.1 Å². The number of rotatable bonds is 7. The van der Waals surface area contributed by atoms with E-state index in [1.807, 2.05) is 11.8 Å². The van der Waals surface area contributed by atoms with Gasteiger partial charge in [0.1, 0.15) is 0 Å². The standard InChI is InChI=1S/C12H24N2OS/c1-16-8-3-2-7-14-12(15)11-6-4-5-10(11)9-13/h10-11H,2-9,13H2,1H3,(H,14,15). The number of hydrogen-bond donors (Lipinski definition) is 2. The molecule has 1 saturated carbocycles. The number of carbonyl (C=O) groups is 1. The Balaban J connectivity index is 2.14. The van der Waals surface area contributed by atoms with Crippen molar-refractivity contribution in [3.8, 4) is 0 Å². The summed E-state index contributed by atoms with van der Waals surface area (Å²) in [6.07, 6.45) is 7.70. The predicted octanol–water partition coefficient (Wildman–Crippen LogP) is 1.62. The van der Waals surface area contributed by atoms with E-state index in [0.717, 1.165) is 32.2 Å². The highest BCUT2D eigenvalue weighted by atomic mass is 32.2. The van der Waals surface area contributed by atoms with E-state index in [9.17, 15) is 4.79 Å². The van der Waals surface area contributed by atoms with Gasteiger partial charge < -0.3 is 11.1 Å². The highest BCUT2D eigenvalue weighted by molar-refractivity contribution is 7.98. The lowest BCUT2D eigenvalue weighted by Gasteiger charge is -2.17. The lowest BCUT2D eigenvalue weighted by molar-refractivity contribution is -0.125. The highest BCUT2D eigenvalue weighted by Gasteiger charge is 2.31. The van der Waals surface area contributed by atoms with Crippen LogP contribution in [0.4, 0.5) is 0 Å². The molecule has 2 atom stereocenters. The Hall–Kier alpha value is -0.220. The van der Waals surface area contributed by atoms with Crippen molar-refractivity contribution in [2.75, 3.05) is 25.1 Å². The molecule has 3 N–H and O–H groups in total. The summed E-state index contributed by atoms with van der Waals surface area (Å²) in [5.41, 5.74) is 5.67. The van der Waals surface area contributed by atoms with Crippen LogP contribution in [0.5, 0.6) is 0 Å². The van der Waals surface area contributed by atoms with Crippen molar-refractivity contribution in [3.63, 3.8) is 0 Å². The second-order valence-corrected chi connectivity index (χ2v) is 5.51. The van der Waals surface area contributed by atoms with E-state index in [1.165, 1.54) is 12.2 Å². The van der Waals surface area contributed by atoms with Gasteiger partial charge in [-0.05, 0) is 50.2 Å². The molecule has 0 saturated heterocycles. The summed E-state index contributed by atoms with van der Waals surface area (Å²) in [7, 11) is 0. The summed E-state index contributed by atoms with van der Waals surface area (Å²) >= 11 is 1.86. The molecule has 1 aliphatic carbocycles. The fourth-order valence-electron chi connectivity index (χ4n) is 2.38. The Kier molecular flexibility index (Phi) is 6.88. The number of thioether (sulfide) groups is 1. The Morgan fingerprint density at radius 3 is 2.94 bits per heavy atom. The van der Waals surface area contributed by atoms with Gasteiger partial charge in [0.15, 0.2) is 0 Å². The van der Waals surface area contributed by atoms with Gasteiger partial charge in [0.2, 0.25) is 5.91 Å². The number of hydrogen-bond acceptors (Lipinski definition) is 3. The van der Waals surface area contributed by atoms with E-state index in [4.69, 9.17) is 5.73 Å². The van der Waals surface area contributed by atoms with E-state index in [2.05, 4.69) is 11.6 Å². The van der Waals surface area contributed by atoms with Crippen molar-refractivity contribution in [1.29, 1.82) is 0 Å². The minimum Gasteiger partial charge on any atom is -0.356 e. The van der Waals surface area contributed by atoms with Gasteiger partial charge >= 0.3 is 0 Å². The van der Waals surface area contributed by atoms with Gasteiger partial charge in [0, 0.05) is 12.5 Å². The molecule has 0 bridgehead atoms. The Labute approximate surface area is 103 Å². The van der Waals surface area contributed by atoms with Crippen molar-refractivity contribution in [3.05, 3.63) is 0 Å². The maximum Gasteiger partial charge on any atom is 0.223 e. The fourth-order valence-corrected chi connectivity index (χ4v) is 2.87. The second-order valence-electron chi connectivity index (χ2n) is 4.52. The summed E-state index contributed by atoms with van der Waals surface area (Å²) in [5, 5.41) is 3.04. The zero-order chi connectivity index (χ0) is 11.8. The van der Waals surface area contributed by atoms with Crippen LogP contribution >= 0.6 is 11.8 Å². The quantitative estimate of drug-likeness (QED) is 0.669. The van der Waals surface area contributed by atoms with Crippen LogP contribution in [-0.2, 0) is 4.79 Å². The largest absolute Gasteiger partial charge is 0.356 e. The molecule has 2 unspecified atom stereocenters. The maximum atomic E-state index is 11.9. The SMILES string of the molecule is CSCCCCNC(=O)C1CCCC1CN. The Morgan fingerprint density at radius 2 is 2.25 bits per heavy atom. The molecule has 1 rings (SSSR count). The summed E-state index contributed by atoms with van der Waals surface area (Å²) < 4.78 is 0. The Bertz CT molecular complexity index is 211. The van der Waals surface area contributed by atoms with Gasteiger partial charge in [0.05, 0.1) is 0 Å². The van der Waals surface area contributed by atoms with Gasteiger partial charge in [-0.25, -0.2) is 0 Å². The van der Waals surface area contributed by atoms with Crippen LogP contribution in [0.25, 0.3) is 0 Å². The lowest BCUT2D eigenvalue weighted by Crippen LogP contribution is -2.35. The summed E-state index contributed by atoms with van der Waals surface area (Å²) in [4.78, 5) is 11.9. The molecule has 0 aliphatic heterocycles. The predicted molar refractivity (Wildman–Crippen MR) is 70.5 cm³/mol. The minimum atomic E-state index is 0.186. The van der Waals surface area contributed by atoms with Gasteiger partial charge in [-0.15, -0.1) is 0 Å². The van der Waals surface area contributed by atoms with Gasteiger partial charge in [-0.3, -0.25) is 4.79 Å². The number of nitrogens with one attached hydrogen (secondary N) is 1. The van der Waals surface area contributed by atoms with Crippen LogP contribution in [0.15, 0.2) is 0 Å². The van der Waals surface area contributed by atoms with E-state index in [-0.39, 0.29) is 11.8 Å². The third kappa shape index (κ3) is 4.34. The van der Waals surface area contributed by atoms with Crippen LogP contribution in [0.2, 0.25) is 0 Å². The lowest BCUT2D eigenvalue weighted by atomic mass is 9.95. The molecule has 0 spiro atoms. The average Bonchev–Trinajstić information content (AvgIpc) is 2.76. The van der Waals surface area contributed by atoms with Crippen molar-refractivity contribution < 1.29 is 4.79 Å². The van der Waals surface area contributed by atoms with E-state index in [1.54, 1.807) is 0 Å². The first-order valence-electron chi connectivity index (χ1n) is 6.26. The molecule has 0 radical (unpaired) electrons. The van der Waals surface area contributed by atoms with E-state index < -0.39 is 0 Å². The molecule has 1 fully saturated rings. The molecule has 1 aliphatic rings. The molecular weight excluding hydrogens is 220 g/mol. The van der Waals surface area contributed by atoms with Gasteiger partial charge in [-0.1, -0.05) is 6.42 Å². The van der Waals surface area contributed by atoms with Gasteiger partial charge in [0.25, 0.3) is 0 Å². The van der Waals surface area contributed by atoms with Crippen molar-refractivity contribution in [2.24, 2.45) is 17.6 Å². The topological polar surface area (TPSA) is 55.1 Å². The first-order valence-corrected chi connectivity index (χ1v) is 7.65. The van der Waals surface area contributed by atoms with Crippen LogP contribution in [0.3, 0.4) is 0 Å². The maximum absolute atomic E-state index is 11.9. The van der Waals surface area contributed by atoms with E-state index >= 15 is 0 Å². The van der Waals surface area contributed by atoms with Crippen LogP contribution in [0.1, 0.15) is 32.1 Å². The van der Waals surface area contributed by atoms with Crippen LogP contribution in [0, 0.1) is 11.8 Å². The molecular formula is C12H24N2OS. The first kappa shape index (κ1) is 13.8. The molecule has 16 heavy (non-hydrogen) atoms. The minimum absolute atomic E-state index is 0.186. The molecule has 0 aromatic heterocycles. The average molecular weight is 244 g/mol. The Morgan fingerprint density at radius 1 is 1.44 bits per heavy atom. The molecule has 0 aromatic rings. The molecule has 94 valence electrons. The molecule has 3 nitrogen and oxygen atoms in total. The normalized spacial score (nSPS) is 24.6. The highest BCUT2D eigenvalue weighted by Crippen LogP contribution is 2.30. The zero-order valence-electron chi connectivity index (χ0n) is 10.2.